The number of alkyl halides is 1. The summed E-state index contributed by atoms with van der Waals surface area (Å²) < 4.78 is 4.62. The van der Waals surface area contributed by atoms with Gasteiger partial charge in [-0.25, -0.2) is 4.79 Å². The number of halogens is 1. The van der Waals surface area contributed by atoms with Gasteiger partial charge in [0.05, 0.1) is 17.5 Å². The van der Waals surface area contributed by atoms with Crippen LogP contribution >= 0.6 is 15.9 Å². The fourth-order valence-electron chi connectivity index (χ4n) is 1.39. The molecule has 86 valence electrons. The molecule has 0 aliphatic carbocycles. The predicted octanol–water partition coefficient (Wildman–Crippen LogP) is 2.75. The van der Waals surface area contributed by atoms with Gasteiger partial charge in [-0.3, -0.25) is 4.79 Å². The van der Waals surface area contributed by atoms with Gasteiger partial charge in [-0.15, -0.1) is 0 Å². The van der Waals surface area contributed by atoms with E-state index in [0.717, 1.165) is 5.56 Å². The SMILES string of the molecule is COC(=O)c1cc(C)cc(C(=O)C(C)Br)c1. The highest BCUT2D eigenvalue weighted by Crippen LogP contribution is 2.15. The molecular weight excluding hydrogens is 272 g/mol. The molecule has 1 rings (SSSR count). The van der Waals surface area contributed by atoms with Crippen LogP contribution in [0.25, 0.3) is 0 Å². The predicted molar refractivity (Wildman–Crippen MR) is 65.2 cm³/mol. The fourth-order valence-corrected chi connectivity index (χ4v) is 1.66. The lowest BCUT2D eigenvalue weighted by molar-refractivity contribution is 0.0600. The van der Waals surface area contributed by atoms with Crippen LogP contribution in [0.5, 0.6) is 0 Å². The van der Waals surface area contributed by atoms with Crippen LogP contribution in [-0.4, -0.2) is 23.7 Å². The molecule has 0 saturated heterocycles. The second-order valence-electron chi connectivity index (χ2n) is 3.56. The van der Waals surface area contributed by atoms with Crippen molar-refractivity contribution in [3.63, 3.8) is 0 Å². The average Bonchev–Trinajstić information content (AvgIpc) is 2.25. The van der Waals surface area contributed by atoms with Crippen LogP contribution in [0.2, 0.25) is 0 Å². The molecule has 0 spiro atoms. The van der Waals surface area contributed by atoms with Crippen LogP contribution in [-0.2, 0) is 4.74 Å². The minimum atomic E-state index is -0.431. The molecule has 0 saturated carbocycles. The van der Waals surface area contributed by atoms with Crippen molar-refractivity contribution in [3.8, 4) is 0 Å². The lowest BCUT2D eigenvalue weighted by Crippen LogP contribution is -2.12. The van der Waals surface area contributed by atoms with Crippen LogP contribution in [0.3, 0.4) is 0 Å². The molecule has 0 heterocycles. The van der Waals surface area contributed by atoms with Crippen molar-refractivity contribution in [1.29, 1.82) is 0 Å². The van der Waals surface area contributed by atoms with E-state index in [0.29, 0.717) is 11.1 Å². The van der Waals surface area contributed by atoms with E-state index >= 15 is 0 Å². The Balaban J connectivity index is 3.18. The number of ether oxygens (including phenoxy) is 1. The number of rotatable bonds is 3. The van der Waals surface area contributed by atoms with Crippen molar-refractivity contribution in [1.82, 2.24) is 0 Å². The molecule has 1 aromatic carbocycles. The maximum atomic E-state index is 11.8. The number of hydrogen-bond donors (Lipinski definition) is 0. The zero-order valence-electron chi connectivity index (χ0n) is 9.41. The van der Waals surface area contributed by atoms with Gasteiger partial charge in [0.15, 0.2) is 5.78 Å². The van der Waals surface area contributed by atoms with Gasteiger partial charge in [0.2, 0.25) is 0 Å². The van der Waals surface area contributed by atoms with E-state index in [1.54, 1.807) is 25.1 Å². The zero-order valence-corrected chi connectivity index (χ0v) is 11.0. The molecule has 1 unspecified atom stereocenters. The number of benzene rings is 1. The van der Waals surface area contributed by atoms with Gasteiger partial charge >= 0.3 is 5.97 Å². The summed E-state index contributed by atoms with van der Waals surface area (Å²) in [4.78, 5) is 22.9. The van der Waals surface area contributed by atoms with Crippen molar-refractivity contribution in [3.05, 3.63) is 34.9 Å². The van der Waals surface area contributed by atoms with Crippen molar-refractivity contribution in [2.75, 3.05) is 7.11 Å². The first kappa shape index (κ1) is 12.9. The Morgan fingerprint density at radius 2 is 1.81 bits per heavy atom. The Hall–Kier alpha value is -1.16. The van der Waals surface area contributed by atoms with Gasteiger partial charge in [-0.2, -0.15) is 0 Å². The maximum absolute atomic E-state index is 11.8. The molecule has 0 fully saturated rings. The number of aryl methyl sites for hydroxylation is 1. The van der Waals surface area contributed by atoms with Crippen LogP contribution in [0.4, 0.5) is 0 Å². The number of hydrogen-bond acceptors (Lipinski definition) is 3. The van der Waals surface area contributed by atoms with Crippen LogP contribution in [0.15, 0.2) is 18.2 Å². The number of methoxy groups -OCH3 is 1. The van der Waals surface area contributed by atoms with E-state index < -0.39 is 5.97 Å². The third-order valence-electron chi connectivity index (χ3n) is 2.14. The summed E-state index contributed by atoms with van der Waals surface area (Å²) in [5.41, 5.74) is 1.78. The van der Waals surface area contributed by atoms with Gasteiger partial charge in [-0.1, -0.05) is 15.9 Å². The molecule has 0 amide bonds. The molecular formula is C12H13BrO3. The smallest absolute Gasteiger partial charge is 0.337 e. The lowest BCUT2D eigenvalue weighted by Gasteiger charge is -2.07. The molecule has 16 heavy (non-hydrogen) atoms. The summed E-state index contributed by atoms with van der Waals surface area (Å²) in [6.07, 6.45) is 0. The Kier molecular flexibility index (Phi) is 4.24. The van der Waals surface area contributed by atoms with Gasteiger partial charge < -0.3 is 4.74 Å². The number of esters is 1. The normalized spacial score (nSPS) is 12.0. The number of carbonyl (C=O) groups excluding carboxylic acids is 2. The Morgan fingerprint density at radius 3 is 2.31 bits per heavy atom. The van der Waals surface area contributed by atoms with Gasteiger partial charge in [0.1, 0.15) is 0 Å². The fraction of sp³-hybridized carbons (Fsp3) is 0.333. The van der Waals surface area contributed by atoms with Crippen LogP contribution in [0, 0.1) is 6.92 Å². The topological polar surface area (TPSA) is 43.4 Å². The van der Waals surface area contributed by atoms with Gasteiger partial charge in [-0.05, 0) is 37.6 Å². The molecule has 0 radical (unpaired) electrons. The molecule has 3 nitrogen and oxygen atoms in total. The first-order valence-electron chi connectivity index (χ1n) is 4.84. The molecule has 1 aromatic rings. The molecule has 0 aliphatic heterocycles. The Morgan fingerprint density at radius 1 is 1.25 bits per heavy atom. The molecule has 1 atom stereocenters. The van der Waals surface area contributed by atoms with Crippen LogP contribution < -0.4 is 0 Å². The van der Waals surface area contributed by atoms with Crippen molar-refractivity contribution >= 4 is 27.7 Å². The van der Waals surface area contributed by atoms with E-state index in [4.69, 9.17) is 0 Å². The number of Topliss-reactive ketones (excluding diaryl/α,β-unsaturated/α-hetero) is 1. The third-order valence-corrected chi connectivity index (χ3v) is 2.56. The summed E-state index contributed by atoms with van der Waals surface area (Å²) >= 11 is 3.21. The highest BCUT2D eigenvalue weighted by molar-refractivity contribution is 9.10. The van der Waals surface area contributed by atoms with E-state index in [2.05, 4.69) is 20.7 Å². The summed E-state index contributed by atoms with van der Waals surface area (Å²) in [7, 11) is 1.32. The number of ketones is 1. The monoisotopic (exact) mass is 284 g/mol. The standard InChI is InChI=1S/C12H13BrO3/c1-7-4-9(11(14)8(2)13)6-10(5-7)12(15)16-3/h4-6,8H,1-3H3. The number of carbonyl (C=O) groups is 2. The highest BCUT2D eigenvalue weighted by Gasteiger charge is 2.15. The first-order chi connectivity index (χ1) is 7.45. The Bertz CT molecular complexity index is 424. The highest BCUT2D eigenvalue weighted by atomic mass is 79.9. The summed E-state index contributed by atoms with van der Waals surface area (Å²) in [6, 6.07) is 5.01. The Labute approximate surface area is 103 Å². The largest absolute Gasteiger partial charge is 0.465 e. The molecule has 0 N–H and O–H groups in total. The molecule has 0 bridgehead atoms. The lowest BCUT2D eigenvalue weighted by atomic mass is 10.0. The minimum absolute atomic E-state index is 0.0474. The molecule has 4 heteroatoms. The third kappa shape index (κ3) is 2.92. The average molecular weight is 285 g/mol. The molecule has 0 aliphatic rings. The summed E-state index contributed by atoms with van der Waals surface area (Å²) in [5.74, 6) is -0.478. The summed E-state index contributed by atoms with van der Waals surface area (Å²) in [6.45, 7) is 3.59. The van der Waals surface area contributed by atoms with Crippen molar-refractivity contribution in [2.45, 2.75) is 18.7 Å². The van der Waals surface area contributed by atoms with Crippen molar-refractivity contribution < 1.29 is 14.3 Å². The van der Waals surface area contributed by atoms with E-state index in [9.17, 15) is 9.59 Å². The zero-order chi connectivity index (χ0) is 12.3. The quantitative estimate of drug-likeness (QED) is 0.487. The van der Waals surface area contributed by atoms with Crippen LogP contribution in [0.1, 0.15) is 33.2 Å². The maximum Gasteiger partial charge on any atom is 0.337 e. The second kappa shape index (κ2) is 5.25. The van der Waals surface area contributed by atoms with E-state index in [-0.39, 0.29) is 10.6 Å². The van der Waals surface area contributed by atoms with E-state index in [1.807, 2.05) is 6.92 Å². The first-order valence-corrected chi connectivity index (χ1v) is 5.75. The minimum Gasteiger partial charge on any atom is -0.465 e. The van der Waals surface area contributed by atoms with Gasteiger partial charge in [0, 0.05) is 5.56 Å². The van der Waals surface area contributed by atoms with E-state index in [1.165, 1.54) is 7.11 Å². The second-order valence-corrected chi connectivity index (χ2v) is 4.93. The summed E-state index contributed by atoms with van der Waals surface area (Å²) in [5, 5.41) is 0. The molecule has 0 aromatic heterocycles. The van der Waals surface area contributed by atoms with Gasteiger partial charge in [0.25, 0.3) is 0 Å². The van der Waals surface area contributed by atoms with Crippen molar-refractivity contribution in [2.24, 2.45) is 0 Å².